The Bertz CT molecular complexity index is 500. The topological polar surface area (TPSA) is 84.6 Å². The van der Waals surface area contributed by atoms with E-state index in [0.717, 1.165) is 0 Å². The van der Waals surface area contributed by atoms with E-state index >= 15 is 0 Å². The number of rotatable bonds is 3. The third-order valence-corrected chi connectivity index (χ3v) is 2.68. The number of hydrogen-bond donors (Lipinski definition) is 3. The lowest BCUT2D eigenvalue weighted by Gasteiger charge is -2.31. The number of nitrogens with one attached hydrogen (secondary N) is 1. The Labute approximate surface area is 117 Å². The molecule has 1 atom stereocenters. The van der Waals surface area contributed by atoms with Gasteiger partial charge in [-0.15, -0.1) is 0 Å². The van der Waals surface area contributed by atoms with Crippen molar-refractivity contribution in [1.82, 2.24) is 5.32 Å². The molecule has 5 nitrogen and oxygen atoms in total. The number of halogens is 1. The molecule has 0 fully saturated rings. The third-order valence-electron chi connectivity index (χ3n) is 2.68. The fraction of sp³-hybridized carbons (Fsp3) is 0.500. The smallest absolute Gasteiger partial charge is 0.408 e. The molecule has 0 aromatic heterocycles. The van der Waals surface area contributed by atoms with Crippen LogP contribution in [0.15, 0.2) is 18.2 Å². The lowest BCUT2D eigenvalue weighted by molar-refractivity contribution is 0.0408. The van der Waals surface area contributed by atoms with Crippen molar-refractivity contribution in [1.29, 1.82) is 0 Å². The zero-order chi connectivity index (χ0) is 15.6. The van der Waals surface area contributed by atoms with Gasteiger partial charge in [0, 0.05) is 11.3 Å². The van der Waals surface area contributed by atoms with E-state index in [1.807, 2.05) is 0 Å². The molecule has 0 saturated carbocycles. The molecule has 0 bridgehead atoms. The molecule has 1 amide bonds. The summed E-state index contributed by atoms with van der Waals surface area (Å²) in [6.45, 7) is 6.14. The second kappa shape index (κ2) is 5.66. The fourth-order valence-corrected chi connectivity index (χ4v) is 1.69. The lowest BCUT2D eigenvalue weighted by Crippen LogP contribution is -2.48. The summed E-state index contributed by atoms with van der Waals surface area (Å²) in [6.07, 6.45) is -0.740. The minimum absolute atomic E-state index is 0.103. The van der Waals surface area contributed by atoms with Gasteiger partial charge in [0.25, 0.3) is 0 Å². The Morgan fingerprint density at radius 2 is 2.00 bits per heavy atom. The average Bonchev–Trinajstić information content (AvgIpc) is 2.29. The molecule has 1 rings (SSSR count). The van der Waals surface area contributed by atoms with Crippen LogP contribution in [0.5, 0.6) is 0 Å². The maximum atomic E-state index is 13.9. The van der Waals surface area contributed by atoms with Crippen LogP contribution < -0.4 is 11.1 Å². The zero-order valence-electron chi connectivity index (χ0n) is 12.2. The molecule has 0 aliphatic carbocycles. The Balaban J connectivity index is 3.03. The van der Waals surface area contributed by atoms with Crippen LogP contribution in [0.2, 0.25) is 0 Å². The van der Waals surface area contributed by atoms with Gasteiger partial charge < -0.3 is 20.9 Å². The van der Waals surface area contributed by atoms with Crippen LogP contribution in [0.3, 0.4) is 0 Å². The highest BCUT2D eigenvalue weighted by Gasteiger charge is 2.32. The van der Waals surface area contributed by atoms with Crippen LogP contribution in [0.25, 0.3) is 0 Å². The van der Waals surface area contributed by atoms with Crippen molar-refractivity contribution < 1.29 is 19.0 Å². The molecule has 1 aromatic rings. The van der Waals surface area contributed by atoms with Crippen LogP contribution in [0.4, 0.5) is 14.9 Å². The van der Waals surface area contributed by atoms with Gasteiger partial charge in [-0.25, -0.2) is 9.18 Å². The highest BCUT2D eigenvalue weighted by molar-refractivity contribution is 5.69. The number of aliphatic hydroxyl groups excluding tert-OH is 1. The first-order valence-corrected chi connectivity index (χ1v) is 6.25. The predicted octanol–water partition coefficient (Wildman–Crippen LogP) is 2.14. The summed E-state index contributed by atoms with van der Waals surface area (Å²) in [7, 11) is 0. The van der Waals surface area contributed by atoms with Crippen molar-refractivity contribution in [2.45, 2.75) is 38.8 Å². The molecule has 4 N–H and O–H groups in total. The van der Waals surface area contributed by atoms with Crippen LogP contribution in [-0.2, 0) is 10.3 Å². The summed E-state index contributed by atoms with van der Waals surface area (Å²) in [6, 6.07) is 3.97. The van der Waals surface area contributed by atoms with E-state index in [1.165, 1.54) is 25.1 Å². The number of nitrogens with two attached hydrogens (primary N) is 1. The largest absolute Gasteiger partial charge is 0.444 e. The highest BCUT2D eigenvalue weighted by atomic mass is 19.1. The lowest BCUT2D eigenvalue weighted by atomic mass is 9.92. The quantitative estimate of drug-likeness (QED) is 0.742. The molecular formula is C14H21FN2O3. The molecule has 0 spiro atoms. The number of carbonyl (C=O) groups excluding carboxylic acids is 1. The molecule has 20 heavy (non-hydrogen) atoms. The normalized spacial score (nSPS) is 14.5. The monoisotopic (exact) mass is 284 g/mol. The van der Waals surface area contributed by atoms with E-state index in [0.29, 0.717) is 5.69 Å². The van der Waals surface area contributed by atoms with E-state index in [1.54, 1.807) is 20.8 Å². The second-order valence-corrected chi connectivity index (χ2v) is 5.86. The van der Waals surface area contributed by atoms with Crippen molar-refractivity contribution in [3.63, 3.8) is 0 Å². The number of benzene rings is 1. The number of aliphatic hydroxyl groups is 1. The highest BCUT2D eigenvalue weighted by Crippen LogP contribution is 2.26. The number of ether oxygens (including phenoxy) is 1. The number of anilines is 1. The van der Waals surface area contributed by atoms with Crippen LogP contribution in [-0.4, -0.2) is 23.4 Å². The standard InChI is InChI=1S/C14H21FN2O3/c1-13(2,3)20-12(19)17-14(4,8-18)10-7-9(16)5-6-11(10)15/h5-7,18H,8,16H2,1-4H3,(H,17,19)/t14-/m0/s1. The molecule has 0 saturated heterocycles. The van der Waals surface area contributed by atoms with Gasteiger partial charge in [0.15, 0.2) is 0 Å². The first-order valence-electron chi connectivity index (χ1n) is 6.25. The van der Waals surface area contributed by atoms with Crippen LogP contribution in [0, 0.1) is 5.82 Å². The summed E-state index contributed by atoms with van der Waals surface area (Å²) in [5, 5.41) is 12.0. The number of hydrogen-bond acceptors (Lipinski definition) is 4. The number of carbonyl (C=O) groups is 1. The van der Waals surface area contributed by atoms with Gasteiger partial charge in [0.05, 0.1) is 12.1 Å². The van der Waals surface area contributed by atoms with Crippen molar-refractivity contribution in [2.75, 3.05) is 12.3 Å². The Morgan fingerprint density at radius 1 is 1.40 bits per heavy atom. The molecule has 0 radical (unpaired) electrons. The second-order valence-electron chi connectivity index (χ2n) is 5.86. The molecular weight excluding hydrogens is 263 g/mol. The molecule has 0 aliphatic heterocycles. The summed E-state index contributed by atoms with van der Waals surface area (Å²) in [5.41, 5.74) is 4.06. The van der Waals surface area contributed by atoms with Gasteiger partial charge in [-0.1, -0.05) is 0 Å². The minimum atomic E-state index is -1.32. The maximum Gasteiger partial charge on any atom is 0.408 e. The number of amides is 1. The summed E-state index contributed by atoms with van der Waals surface area (Å²) in [5.74, 6) is -0.563. The Hall–Kier alpha value is -1.82. The minimum Gasteiger partial charge on any atom is -0.444 e. The van der Waals surface area contributed by atoms with Crippen molar-refractivity contribution in [3.05, 3.63) is 29.6 Å². The van der Waals surface area contributed by atoms with Gasteiger partial charge in [-0.05, 0) is 45.9 Å². The molecule has 0 aliphatic rings. The van der Waals surface area contributed by atoms with E-state index < -0.39 is 29.7 Å². The molecule has 1 aromatic carbocycles. The molecule has 112 valence electrons. The van der Waals surface area contributed by atoms with E-state index in [2.05, 4.69) is 5.32 Å². The Kier molecular flexibility index (Phi) is 4.60. The number of alkyl carbamates (subject to hydrolysis) is 1. The summed E-state index contributed by atoms with van der Waals surface area (Å²) >= 11 is 0. The van der Waals surface area contributed by atoms with Crippen molar-refractivity contribution in [2.24, 2.45) is 0 Å². The van der Waals surface area contributed by atoms with Crippen LogP contribution >= 0.6 is 0 Å². The van der Waals surface area contributed by atoms with Crippen molar-refractivity contribution in [3.8, 4) is 0 Å². The van der Waals surface area contributed by atoms with Gasteiger partial charge in [0.1, 0.15) is 11.4 Å². The average molecular weight is 284 g/mol. The van der Waals surface area contributed by atoms with E-state index in [4.69, 9.17) is 10.5 Å². The molecule has 6 heteroatoms. The maximum absolute atomic E-state index is 13.9. The third kappa shape index (κ3) is 4.09. The summed E-state index contributed by atoms with van der Waals surface area (Å²) in [4.78, 5) is 11.8. The first kappa shape index (κ1) is 16.2. The summed E-state index contributed by atoms with van der Waals surface area (Å²) < 4.78 is 19.0. The van der Waals surface area contributed by atoms with Crippen molar-refractivity contribution >= 4 is 11.8 Å². The van der Waals surface area contributed by atoms with E-state index in [-0.39, 0.29) is 5.56 Å². The molecule has 0 heterocycles. The van der Waals surface area contributed by atoms with Gasteiger partial charge in [-0.3, -0.25) is 0 Å². The molecule has 0 unspecified atom stereocenters. The van der Waals surface area contributed by atoms with Gasteiger partial charge >= 0.3 is 6.09 Å². The van der Waals surface area contributed by atoms with Crippen LogP contribution in [0.1, 0.15) is 33.3 Å². The Morgan fingerprint density at radius 3 is 2.50 bits per heavy atom. The zero-order valence-corrected chi connectivity index (χ0v) is 12.2. The van der Waals surface area contributed by atoms with Gasteiger partial charge in [0.2, 0.25) is 0 Å². The SMILES string of the molecule is CC(C)(C)OC(=O)N[C@@](C)(CO)c1cc(N)ccc1F. The number of nitrogen functional groups attached to an aromatic ring is 1. The predicted molar refractivity (Wildman–Crippen MR) is 74.6 cm³/mol. The van der Waals surface area contributed by atoms with Gasteiger partial charge in [-0.2, -0.15) is 0 Å². The van der Waals surface area contributed by atoms with E-state index in [9.17, 15) is 14.3 Å². The first-order chi connectivity index (χ1) is 9.07. The fourth-order valence-electron chi connectivity index (χ4n) is 1.69.